The summed E-state index contributed by atoms with van der Waals surface area (Å²) in [4.78, 5) is 32.8. The highest BCUT2D eigenvalue weighted by molar-refractivity contribution is 9.10. The SMILES string of the molecule is CCc1sc2ncn(C(C)C(=O)Nc3ccc(OC)c(Cl)c3)c(=O)c2c1-c1ccc(Br)cc1. The lowest BCUT2D eigenvalue weighted by Gasteiger charge is -2.15. The molecular formula is C24H21BrClN3O3S. The van der Waals surface area contributed by atoms with Gasteiger partial charge in [-0.2, -0.15) is 0 Å². The first-order valence-electron chi connectivity index (χ1n) is 10.3. The van der Waals surface area contributed by atoms with Gasteiger partial charge in [-0.15, -0.1) is 11.3 Å². The molecule has 0 aliphatic rings. The molecule has 4 aromatic rings. The number of thiophene rings is 1. The van der Waals surface area contributed by atoms with Gasteiger partial charge in [0, 0.05) is 20.6 Å². The number of nitrogens with one attached hydrogen (secondary N) is 1. The summed E-state index contributed by atoms with van der Waals surface area (Å²) < 4.78 is 7.48. The minimum Gasteiger partial charge on any atom is -0.495 e. The van der Waals surface area contributed by atoms with Gasteiger partial charge in [-0.05, 0) is 49.2 Å². The summed E-state index contributed by atoms with van der Waals surface area (Å²) in [5, 5.41) is 3.73. The molecule has 0 aliphatic heterocycles. The van der Waals surface area contributed by atoms with Crippen molar-refractivity contribution in [1.82, 2.24) is 9.55 Å². The molecule has 170 valence electrons. The first-order valence-corrected chi connectivity index (χ1v) is 12.3. The molecule has 1 N–H and O–H groups in total. The lowest BCUT2D eigenvalue weighted by molar-refractivity contribution is -0.118. The van der Waals surface area contributed by atoms with Gasteiger partial charge in [0.1, 0.15) is 16.6 Å². The third kappa shape index (κ3) is 4.55. The molecule has 1 atom stereocenters. The molecule has 2 heterocycles. The molecule has 0 saturated heterocycles. The van der Waals surface area contributed by atoms with E-state index in [0.29, 0.717) is 26.7 Å². The molecule has 0 radical (unpaired) electrons. The van der Waals surface area contributed by atoms with Crippen molar-refractivity contribution in [3.8, 4) is 16.9 Å². The fourth-order valence-electron chi connectivity index (χ4n) is 3.61. The van der Waals surface area contributed by atoms with Crippen LogP contribution in [-0.4, -0.2) is 22.6 Å². The number of rotatable bonds is 6. The Kier molecular flexibility index (Phi) is 6.88. The van der Waals surface area contributed by atoms with Crippen molar-refractivity contribution in [2.24, 2.45) is 0 Å². The number of halogens is 2. The maximum Gasteiger partial charge on any atom is 0.263 e. The number of hydrogen-bond acceptors (Lipinski definition) is 5. The molecule has 0 bridgehead atoms. The molecule has 9 heteroatoms. The van der Waals surface area contributed by atoms with E-state index in [4.69, 9.17) is 16.3 Å². The van der Waals surface area contributed by atoms with Crippen molar-refractivity contribution in [2.75, 3.05) is 12.4 Å². The van der Waals surface area contributed by atoms with Crippen LogP contribution >= 0.6 is 38.9 Å². The highest BCUT2D eigenvalue weighted by Gasteiger charge is 2.23. The van der Waals surface area contributed by atoms with Crippen molar-refractivity contribution < 1.29 is 9.53 Å². The Morgan fingerprint density at radius 3 is 2.64 bits per heavy atom. The summed E-state index contributed by atoms with van der Waals surface area (Å²) in [5.74, 6) is 0.161. The van der Waals surface area contributed by atoms with Crippen LogP contribution in [0.2, 0.25) is 5.02 Å². The average molecular weight is 547 g/mol. The molecule has 33 heavy (non-hydrogen) atoms. The molecule has 6 nitrogen and oxygen atoms in total. The maximum absolute atomic E-state index is 13.6. The number of benzene rings is 2. The Labute approximate surface area is 208 Å². The Bertz CT molecular complexity index is 1400. The number of nitrogens with zero attached hydrogens (tertiary/aromatic N) is 2. The van der Waals surface area contributed by atoms with Crippen LogP contribution in [-0.2, 0) is 11.2 Å². The molecular weight excluding hydrogens is 526 g/mol. The predicted molar refractivity (Wildman–Crippen MR) is 138 cm³/mol. The molecule has 0 saturated carbocycles. The number of methoxy groups -OCH3 is 1. The normalized spacial score (nSPS) is 12.0. The fraction of sp³-hybridized carbons (Fsp3) is 0.208. The minimum absolute atomic E-state index is 0.246. The van der Waals surface area contributed by atoms with E-state index in [1.165, 1.54) is 29.3 Å². The van der Waals surface area contributed by atoms with Gasteiger partial charge in [-0.1, -0.05) is 46.6 Å². The van der Waals surface area contributed by atoms with Gasteiger partial charge in [0.25, 0.3) is 5.56 Å². The van der Waals surface area contributed by atoms with Gasteiger partial charge in [0.2, 0.25) is 5.91 Å². The number of fused-ring (bicyclic) bond motifs is 1. The number of amides is 1. The lowest BCUT2D eigenvalue weighted by Crippen LogP contribution is -2.31. The van der Waals surface area contributed by atoms with Crippen molar-refractivity contribution in [3.05, 3.63) is 73.5 Å². The van der Waals surface area contributed by atoms with Gasteiger partial charge < -0.3 is 10.1 Å². The number of carbonyl (C=O) groups is 1. The second-order valence-electron chi connectivity index (χ2n) is 7.41. The summed E-state index contributed by atoms with van der Waals surface area (Å²) in [6, 6.07) is 12.0. The van der Waals surface area contributed by atoms with E-state index < -0.39 is 6.04 Å². The zero-order valence-corrected chi connectivity index (χ0v) is 21.3. The largest absolute Gasteiger partial charge is 0.495 e. The van der Waals surface area contributed by atoms with E-state index in [9.17, 15) is 9.59 Å². The van der Waals surface area contributed by atoms with Crippen molar-refractivity contribution in [1.29, 1.82) is 0 Å². The topological polar surface area (TPSA) is 73.2 Å². The van der Waals surface area contributed by atoms with Crippen LogP contribution in [0.25, 0.3) is 21.3 Å². The molecule has 1 amide bonds. The zero-order chi connectivity index (χ0) is 23.7. The molecule has 2 aromatic heterocycles. The van der Waals surface area contributed by atoms with Crippen molar-refractivity contribution >= 4 is 60.7 Å². The van der Waals surface area contributed by atoms with Gasteiger partial charge in [-0.25, -0.2) is 4.98 Å². The van der Waals surface area contributed by atoms with Crippen LogP contribution in [0.4, 0.5) is 5.69 Å². The Morgan fingerprint density at radius 1 is 1.27 bits per heavy atom. The first-order chi connectivity index (χ1) is 15.8. The average Bonchev–Trinajstić information content (AvgIpc) is 3.19. The molecule has 0 fully saturated rings. The monoisotopic (exact) mass is 545 g/mol. The standard InChI is InChI=1S/C24H21BrClN3O3S/c1-4-19-20(14-5-7-15(25)8-6-14)21-23(33-19)27-12-29(24(21)31)13(2)22(30)28-16-9-10-18(32-3)17(26)11-16/h5-13H,4H2,1-3H3,(H,28,30). The van der Waals surface area contributed by atoms with Gasteiger partial charge in [-0.3, -0.25) is 14.2 Å². The molecule has 1 unspecified atom stereocenters. The van der Waals surface area contributed by atoms with E-state index >= 15 is 0 Å². The molecule has 0 spiro atoms. The fourth-order valence-corrected chi connectivity index (χ4v) is 5.23. The minimum atomic E-state index is -0.780. The summed E-state index contributed by atoms with van der Waals surface area (Å²) in [5.41, 5.74) is 2.10. The summed E-state index contributed by atoms with van der Waals surface area (Å²) in [6.45, 7) is 3.73. The molecule has 4 rings (SSSR count). The highest BCUT2D eigenvalue weighted by atomic mass is 79.9. The first kappa shape index (κ1) is 23.5. The number of anilines is 1. The van der Waals surface area contributed by atoms with Gasteiger partial charge in [0.05, 0.1) is 23.8 Å². The van der Waals surface area contributed by atoms with E-state index in [2.05, 4.69) is 33.2 Å². The van der Waals surface area contributed by atoms with Crippen LogP contribution in [0.1, 0.15) is 24.8 Å². The van der Waals surface area contributed by atoms with Crippen LogP contribution < -0.4 is 15.6 Å². The number of aromatic nitrogens is 2. The van der Waals surface area contributed by atoms with Crippen molar-refractivity contribution in [2.45, 2.75) is 26.3 Å². The highest BCUT2D eigenvalue weighted by Crippen LogP contribution is 2.37. The van der Waals surface area contributed by atoms with Crippen LogP contribution in [0.5, 0.6) is 5.75 Å². The van der Waals surface area contributed by atoms with Gasteiger partial charge in [0.15, 0.2) is 0 Å². The van der Waals surface area contributed by atoms with E-state index in [1.807, 2.05) is 24.3 Å². The summed E-state index contributed by atoms with van der Waals surface area (Å²) in [7, 11) is 1.52. The van der Waals surface area contributed by atoms with E-state index in [-0.39, 0.29) is 11.5 Å². The maximum atomic E-state index is 13.6. The third-order valence-corrected chi connectivity index (χ3v) is 7.45. The second-order valence-corrected chi connectivity index (χ2v) is 9.82. The molecule has 2 aromatic carbocycles. The third-order valence-electron chi connectivity index (χ3n) is 5.38. The van der Waals surface area contributed by atoms with E-state index in [1.54, 1.807) is 25.1 Å². The Hall–Kier alpha value is -2.68. The smallest absolute Gasteiger partial charge is 0.263 e. The Morgan fingerprint density at radius 2 is 2.00 bits per heavy atom. The molecule has 0 aliphatic carbocycles. The number of aryl methyl sites for hydroxylation is 1. The second kappa shape index (κ2) is 9.67. The zero-order valence-electron chi connectivity index (χ0n) is 18.2. The summed E-state index contributed by atoms with van der Waals surface area (Å²) in [6.07, 6.45) is 2.22. The number of ether oxygens (including phenoxy) is 1. The van der Waals surface area contributed by atoms with Crippen LogP contribution in [0.15, 0.2) is 58.1 Å². The number of hydrogen-bond donors (Lipinski definition) is 1. The lowest BCUT2D eigenvalue weighted by atomic mass is 10.0. The Balaban J connectivity index is 1.73. The number of carbonyl (C=O) groups excluding carboxylic acids is 1. The quantitative estimate of drug-likeness (QED) is 0.307. The van der Waals surface area contributed by atoms with Gasteiger partial charge >= 0.3 is 0 Å². The van der Waals surface area contributed by atoms with Crippen molar-refractivity contribution in [3.63, 3.8) is 0 Å². The summed E-state index contributed by atoms with van der Waals surface area (Å²) >= 11 is 11.1. The predicted octanol–water partition coefficient (Wildman–Crippen LogP) is 6.31. The van der Waals surface area contributed by atoms with Crippen LogP contribution in [0, 0.1) is 0 Å². The van der Waals surface area contributed by atoms with Crippen LogP contribution in [0.3, 0.4) is 0 Å². The van der Waals surface area contributed by atoms with E-state index in [0.717, 1.165) is 26.9 Å².